The summed E-state index contributed by atoms with van der Waals surface area (Å²) < 4.78 is 27.3. The standard InChI is InChI=1S/C16H23N3O3S.ClH/c1-10-3-5-13(7-16(10)18-11(2)20)23(21,22)19-8-12-4-6-15(17)14(12)9-19;/h3,5,7,12,14-15H,4,6,8-9,17H2,1-2H3,(H,18,20);1H. The van der Waals surface area contributed by atoms with E-state index >= 15 is 0 Å². The highest BCUT2D eigenvalue weighted by Crippen LogP contribution is 2.39. The normalized spacial score (nSPS) is 26.7. The zero-order chi connectivity index (χ0) is 16.8. The van der Waals surface area contributed by atoms with Gasteiger partial charge in [0.2, 0.25) is 15.9 Å². The molecule has 1 aliphatic carbocycles. The fourth-order valence-electron chi connectivity index (χ4n) is 3.70. The Kier molecular flexibility index (Phi) is 5.59. The molecule has 0 bridgehead atoms. The number of carbonyl (C=O) groups is 1. The van der Waals surface area contributed by atoms with Gasteiger partial charge in [-0.25, -0.2) is 8.42 Å². The maximum Gasteiger partial charge on any atom is 0.243 e. The fourth-order valence-corrected chi connectivity index (χ4v) is 5.26. The zero-order valence-electron chi connectivity index (χ0n) is 13.9. The van der Waals surface area contributed by atoms with Crippen LogP contribution >= 0.6 is 12.4 Å². The Bertz CT molecular complexity index is 738. The summed E-state index contributed by atoms with van der Waals surface area (Å²) in [6, 6.07) is 4.97. The molecule has 1 aliphatic heterocycles. The van der Waals surface area contributed by atoms with Crippen molar-refractivity contribution in [1.82, 2.24) is 4.31 Å². The van der Waals surface area contributed by atoms with Gasteiger partial charge in [0.05, 0.1) is 4.90 Å². The number of carbonyl (C=O) groups excluding carboxylic acids is 1. The summed E-state index contributed by atoms with van der Waals surface area (Å²) in [6.45, 7) is 4.28. The van der Waals surface area contributed by atoms with E-state index < -0.39 is 10.0 Å². The number of sulfonamides is 1. The predicted octanol–water partition coefficient (Wildman–Crippen LogP) is 1.73. The Morgan fingerprint density at radius 2 is 2.00 bits per heavy atom. The number of hydrogen-bond donors (Lipinski definition) is 2. The number of amides is 1. The van der Waals surface area contributed by atoms with Gasteiger partial charge in [-0.3, -0.25) is 4.79 Å². The third-order valence-corrected chi connectivity index (χ3v) is 6.86. The number of nitrogens with two attached hydrogens (primary N) is 1. The van der Waals surface area contributed by atoms with Crippen LogP contribution in [0.3, 0.4) is 0 Å². The Balaban J connectivity index is 0.00000208. The second kappa shape index (κ2) is 7.00. The summed E-state index contributed by atoms with van der Waals surface area (Å²) >= 11 is 0. The minimum absolute atomic E-state index is 0. The fraction of sp³-hybridized carbons (Fsp3) is 0.562. The maximum atomic E-state index is 12.9. The number of aryl methyl sites for hydroxylation is 1. The monoisotopic (exact) mass is 373 g/mol. The molecule has 3 atom stereocenters. The van der Waals surface area contributed by atoms with Gasteiger partial charge in [0.15, 0.2) is 0 Å². The second-order valence-electron chi connectivity index (χ2n) is 6.65. The summed E-state index contributed by atoms with van der Waals surface area (Å²) in [4.78, 5) is 11.5. The van der Waals surface area contributed by atoms with Crippen molar-refractivity contribution in [2.24, 2.45) is 17.6 Å². The molecule has 0 spiro atoms. The lowest BCUT2D eigenvalue weighted by atomic mass is 9.98. The number of hydrogen-bond acceptors (Lipinski definition) is 4. The number of anilines is 1. The van der Waals surface area contributed by atoms with Gasteiger partial charge in [-0.15, -0.1) is 12.4 Å². The molecule has 1 saturated heterocycles. The molecule has 1 heterocycles. The van der Waals surface area contributed by atoms with E-state index in [-0.39, 0.29) is 35.2 Å². The lowest BCUT2D eigenvalue weighted by molar-refractivity contribution is -0.114. The molecule has 1 saturated carbocycles. The molecule has 0 aromatic heterocycles. The molecule has 3 N–H and O–H groups in total. The van der Waals surface area contributed by atoms with Gasteiger partial charge in [-0.05, 0) is 49.3 Å². The third-order valence-electron chi connectivity index (χ3n) is 5.04. The average Bonchev–Trinajstić information content (AvgIpc) is 3.04. The van der Waals surface area contributed by atoms with Crippen molar-refractivity contribution in [3.8, 4) is 0 Å². The minimum atomic E-state index is -3.55. The number of rotatable bonds is 3. The van der Waals surface area contributed by atoms with Crippen molar-refractivity contribution in [1.29, 1.82) is 0 Å². The molecule has 3 unspecified atom stereocenters. The van der Waals surface area contributed by atoms with Crippen molar-refractivity contribution >= 4 is 34.0 Å². The van der Waals surface area contributed by atoms with Crippen molar-refractivity contribution < 1.29 is 13.2 Å². The van der Waals surface area contributed by atoms with Gasteiger partial charge in [-0.2, -0.15) is 4.31 Å². The van der Waals surface area contributed by atoms with Crippen molar-refractivity contribution in [3.05, 3.63) is 23.8 Å². The molecule has 1 aromatic rings. The van der Waals surface area contributed by atoms with Gasteiger partial charge in [0.1, 0.15) is 0 Å². The van der Waals surface area contributed by atoms with Gasteiger partial charge in [-0.1, -0.05) is 6.07 Å². The van der Waals surface area contributed by atoms with E-state index in [0.29, 0.717) is 24.7 Å². The third kappa shape index (κ3) is 3.44. The van der Waals surface area contributed by atoms with Gasteiger partial charge in [0.25, 0.3) is 0 Å². The van der Waals surface area contributed by atoms with E-state index in [1.165, 1.54) is 6.92 Å². The Morgan fingerprint density at radius 1 is 1.29 bits per heavy atom. The first-order valence-electron chi connectivity index (χ1n) is 7.93. The summed E-state index contributed by atoms with van der Waals surface area (Å²) in [5, 5.41) is 2.68. The summed E-state index contributed by atoms with van der Waals surface area (Å²) in [5.74, 6) is 0.425. The lowest BCUT2D eigenvalue weighted by Crippen LogP contribution is -2.33. The lowest BCUT2D eigenvalue weighted by Gasteiger charge is -2.19. The molecule has 6 nitrogen and oxygen atoms in total. The largest absolute Gasteiger partial charge is 0.327 e. The van der Waals surface area contributed by atoms with Crippen LogP contribution in [0.25, 0.3) is 0 Å². The Hall–Kier alpha value is -1.15. The van der Waals surface area contributed by atoms with E-state index in [0.717, 1.165) is 18.4 Å². The molecular formula is C16H24ClN3O3S. The molecule has 1 aromatic carbocycles. The summed E-state index contributed by atoms with van der Waals surface area (Å²) in [6.07, 6.45) is 1.99. The van der Waals surface area contributed by atoms with Crippen LogP contribution in [0.5, 0.6) is 0 Å². The molecular weight excluding hydrogens is 350 g/mol. The second-order valence-corrected chi connectivity index (χ2v) is 8.58. The quantitative estimate of drug-likeness (QED) is 0.843. The van der Waals surface area contributed by atoms with E-state index in [2.05, 4.69) is 5.32 Å². The van der Waals surface area contributed by atoms with E-state index in [4.69, 9.17) is 5.73 Å². The molecule has 3 rings (SSSR count). The highest BCUT2D eigenvalue weighted by atomic mass is 35.5. The van der Waals surface area contributed by atoms with Crippen LogP contribution in [0.15, 0.2) is 23.1 Å². The molecule has 24 heavy (non-hydrogen) atoms. The van der Waals surface area contributed by atoms with Crippen LogP contribution in [0.1, 0.15) is 25.3 Å². The first kappa shape index (κ1) is 19.2. The molecule has 8 heteroatoms. The molecule has 1 amide bonds. The van der Waals surface area contributed by atoms with Crippen LogP contribution in [-0.4, -0.2) is 37.8 Å². The number of benzene rings is 1. The number of fused-ring (bicyclic) bond motifs is 1. The molecule has 134 valence electrons. The first-order chi connectivity index (χ1) is 10.8. The van der Waals surface area contributed by atoms with Crippen molar-refractivity contribution in [2.45, 2.75) is 37.6 Å². The number of nitrogens with one attached hydrogen (secondary N) is 1. The Morgan fingerprint density at radius 3 is 2.62 bits per heavy atom. The highest BCUT2D eigenvalue weighted by molar-refractivity contribution is 7.89. The van der Waals surface area contributed by atoms with Crippen LogP contribution in [-0.2, 0) is 14.8 Å². The highest BCUT2D eigenvalue weighted by Gasteiger charge is 2.45. The van der Waals surface area contributed by atoms with Crippen molar-refractivity contribution in [2.75, 3.05) is 18.4 Å². The van der Waals surface area contributed by atoms with Crippen LogP contribution in [0.2, 0.25) is 0 Å². The van der Waals surface area contributed by atoms with Gasteiger partial charge < -0.3 is 11.1 Å². The maximum absolute atomic E-state index is 12.9. The average molecular weight is 374 g/mol. The SMILES string of the molecule is CC(=O)Nc1cc(S(=O)(=O)N2CC3CCC(N)C3C2)ccc1C.Cl. The molecule has 2 fully saturated rings. The van der Waals surface area contributed by atoms with Crippen LogP contribution in [0.4, 0.5) is 5.69 Å². The molecule has 2 aliphatic rings. The van der Waals surface area contributed by atoms with Crippen molar-refractivity contribution in [3.63, 3.8) is 0 Å². The van der Waals surface area contributed by atoms with Crippen LogP contribution < -0.4 is 11.1 Å². The topological polar surface area (TPSA) is 92.5 Å². The Labute approximate surface area is 149 Å². The summed E-state index contributed by atoms with van der Waals surface area (Å²) in [7, 11) is -3.55. The summed E-state index contributed by atoms with van der Waals surface area (Å²) in [5.41, 5.74) is 7.46. The van der Waals surface area contributed by atoms with Crippen LogP contribution in [0, 0.1) is 18.8 Å². The van der Waals surface area contributed by atoms with E-state index in [1.54, 1.807) is 22.5 Å². The first-order valence-corrected chi connectivity index (χ1v) is 9.37. The number of halogens is 1. The zero-order valence-corrected chi connectivity index (χ0v) is 15.5. The molecule has 0 radical (unpaired) electrons. The smallest absolute Gasteiger partial charge is 0.243 e. The number of nitrogens with zero attached hydrogens (tertiary/aromatic N) is 1. The van der Waals surface area contributed by atoms with E-state index in [9.17, 15) is 13.2 Å². The predicted molar refractivity (Wildman–Crippen MR) is 95.7 cm³/mol. The van der Waals surface area contributed by atoms with Gasteiger partial charge in [0, 0.05) is 31.7 Å². The van der Waals surface area contributed by atoms with E-state index in [1.807, 2.05) is 6.92 Å². The minimum Gasteiger partial charge on any atom is -0.327 e. The van der Waals surface area contributed by atoms with Gasteiger partial charge >= 0.3 is 0 Å².